The Balaban J connectivity index is 2.52. The third kappa shape index (κ3) is 3.06. The second-order valence-corrected chi connectivity index (χ2v) is 5.14. The van der Waals surface area contributed by atoms with Gasteiger partial charge >= 0.3 is 0 Å². The summed E-state index contributed by atoms with van der Waals surface area (Å²) in [7, 11) is 0. The molecule has 0 saturated heterocycles. The van der Waals surface area contributed by atoms with E-state index in [0.29, 0.717) is 0 Å². The number of benzene rings is 1. The smallest absolute Gasteiger partial charge is 0.258 e. The van der Waals surface area contributed by atoms with Gasteiger partial charge in [-0.25, -0.2) is 0 Å². The first-order chi connectivity index (χ1) is 9.27. The van der Waals surface area contributed by atoms with E-state index in [2.05, 4.69) is 19.9 Å². The number of unbranched alkanes of at least 4 members (excludes halogenated alkanes) is 2. The number of rotatable bonds is 6. The van der Waals surface area contributed by atoms with Gasteiger partial charge in [0.05, 0.1) is 0 Å². The highest BCUT2D eigenvalue weighted by atomic mass is 16.1. The maximum atomic E-state index is 12.6. The topological polar surface area (TPSA) is 22.0 Å². The van der Waals surface area contributed by atoms with Crippen molar-refractivity contribution in [1.29, 1.82) is 0 Å². The molecule has 0 aliphatic carbocycles. The summed E-state index contributed by atoms with van der Waals surface area (Å²) in [6.45, 7) is 5.20. The molecule has 0 fully saturated rings. The van der Waals surface area contributed by atoms with E-state index in [0.717, 1.165) is 49.4 Å². The van der Waals surface area contributed by atoms with Crippen LogP contribution in [-0.2, 0) is 13.0 Å². The van der Waals surface area contributed by atoms with Crippen LogP contribution in [0.3, 0.4) is 0 Å². The maximum absolute atomic E-state index is 12.6. The molecule has 102 valence electrons. The molecule has 0 aliphatic heterocycles. The van der Waals surface area contributed by atoms with E-state index in [1.54, 1.807) is 0 Å². The molecule has 2 aromatic rings. The van der Waals surface area contributed by atoms with Crippen molar-refractivity contribution in [3.8, 4) is 0 Å². The first-order valence-corrected chi connectivity index (χ1v) is 7.39. The number of fused-ring (bicyclic) bond motifs is 1. The lowest BCUT2D eigenvalue weighted by molar-refractivity contribution is 0.581. The summed E-state index contributed by atoms with van der Waals surface area (Å²) in [6.07, 6.45) is 5.49. The molecular weight excluding hydrogens is 234 g/mol. The minimum absolute atomic E-state index is 0.178. The molecule has 2 rings (SSSR count). The number of hydrogen-bond acceptors (Lipinski definition) is 1. The zero-order valence-electron chi connectivity index (χ0n) is 12.0. The molecule has 2 heteroatoms. The van der Waals surface area contributed by atoms with Crippen LogP contribution >= 0.6 is 0 Å². The Hall–Kier alpha value is -1.57. The van der Waals surface area contributed by atoms with E-state index in [9.17, 15) is 4.79 Å². The largest absolute Gasteiger partial charge is 0.312 e. The number of nitrogens with zero attached hydrogens (tertiary/aromatic N) is 1. The van der Waals surface area contributed by atoms with Crippen LogP contribution in [0.25, 0.3) is 10.8 Å². The molecule has 0 aliphatic rings. The molecule has 0 bridgehead atoms. The van der Waals surface area contributed by atoms with Gasteiger partial charge in [0.2, 0.25) is 0 Å². The fourth-order valence-electron chi connectivity index (χ4n) is 2.48. The van der Waals surface area contributed by atoms with Gasteiger partial charge in [0, 0.05) is 17.6 Å². The minimum Gasteiger partial charge on any atom is -0.312 e. The summed E-state index contributed by atoms with van der Waals surface area (Å²) in [5.74, 6) is 0. The predicted octanol–water partition coefficient (Wildman–Crippen LogP) is 4.14. The molecule has 0 atom stereocenters. The molecule has 0 radical (unpaired) electrons. The van der Waals surface area contributed by atoms with Crippen LogP contribution in [0.15, 0.2) is 35.1 Å². The lowest BCUT2D eigenvalue weighted by Crippen LogP contribution is -2.24. The highest BCUT2D eigenvalue weighted by Crippen LogP contribution is 2.14. The Bertz CT molecular complexity index is 598. The molecule has 1 heterocycles. The summed E-state index contributed by atoms with van der Waals surface area (Å²) >= 11 is 0. The molecule has 1 aromatic heterocycles. The highest BCUT2D eigenvalue weighted by Gasteiger charge is 2.08. The van der Waals surface area contributed by atoms with Crippen LogP contribution < -0.4 is 5.56 Å². The number of hydrogen-bond donors (Lipinski definition) is 0. The molecule has 1 aromatic carbocycles. The zero-order chi connectivity index (χ0) is 13.7. The van der Waals surface area contributed by atoms with Gasteiger partial charge in [-0.3, -0.25) is 4.79 Å². The Morgan fingerprint density at radius 2 is 1.79 bits per heavy atom. The van der Waals surface area contributed by atoms with E-state index in [1.807, 2.05) is 28.8 Å². The van der Waals surface area contributed by atoms with Crippen molar-refractivity contribution in [2.24, 2.45) is 0 Å². The second kappa shape index (κ2) is 6.55. The van der Waals surface area contributed by atoms with Crippen molar-refractivity contribution in [3.63, 3.8) is 0 Å². The standard InChI is InChI=1S/C17H23NO/c1-3-5-10-15-13-14-9-7-8-11-16(14)17(19)18(15)12-6-4-2/h7-9,11,13H,3-6,10,12H2,1-2H3. The molecule has 19 heavy (non-hydrogen) atoms. The van der Waals surface area contributed by atoms with Crippen LogP contribution in [-0.4, -0.2) is 4.57 Å². The van der Waals surface area contributed by atoms with E-state index in [4.69, 9.17) is 0 Å². The third-order valence-corrected chi connectivity index (χ3v) is 3.63. The molecule has 0 spiro atoms. The van der Waals surface area contributed by atoms with E-state index >= 15 is 0 Å². The number of pyridine rings is 1. The van der Waals surface area contributed by atoms with Crippen LogP contribution in [0, 0.1) is 0 Å². The average Bonchev–Trinajstić information content (AvgIpc) is 2.44. The Morgan fingerprint density at radius 1 is 1.05 bits per heavy atom. The number of aromatic nitrogens is 1. The van der Waals surface area contributed by atoms with Gasteiger partial charge in [-0.2, -0.15) is 0 Å². The fourth-order valence-corrected chi connectivity index (χ4v) is 2.48. The van der Waals surface area contributed by atoms with Gasteiger partial charge in [0.1, 0.15) is 0 Å². The summed E-state index contributed by atoms with van der Waals surface area (Å²) in [5, 5.41) is 1.92. The quantitative estimate of drug-likeness (QED) is 0.762. The Morgan fingerprint density at radius 3 is 2.53 bits per heavy atom. The van der Waals surface area contributed by atoms with Crippen molar-refractivity contribution < 1.29 is 0 Å². The third-order valence-electron chi connectivity index (χ3n) is 3.63. The zero-order valence-corrected chi connectivity index (χ0v) is 12.0. The van der Waals surface area contributed by atoms with Crippen molar-refractivity contribution in [2.45, 2.75) is 52.5 Å². The maximum Gasteiger partial charge on any atom is 0.258 e. The van der Waals surface area contributed by atoms with Gasteiger partial charge < -0.3 is 4.57 Å². The van der Waals surface area contributed by atoms with E-state index in [1.165, 1.54) is 5.69 Å². The van der Waals surface area contributed by atoms with E-state index < -0.39 is 0 Å². The lowest BCUT2D eigenvalue weighted by atomic mass is 10.1. The Kier molecular flexibility index (Phi) is 4.78. The minimum atomic E-state index is 0.178. The van der Waals surface area contributed by atoms with Crippen molar-refractivity contribution in [3.05, 3.63) is 46.4 Å². The second-order valence-electron chi connectivity index (χ2n) is 5.14. The molecular formula is C17H23NO. The van der Waals surface area contributed by atoms with Crippen LogP contribution in [0.2, 0.25) is 0 Å². The Labute approximate surface area is 115 Å². The summed E-state index contributed by atoms with van der Waals surface area (Å²) in [6, 6.07) is 10.1. The predicted molar refractivity (Wildman–Crippen MR) is 81.7 cm³/mol. The van der Waals surface area contributed by atoms with Crippen molar-refractivity contribution >= 4 is 10.8 Å². The van der Waals surface area contributed by atoms with E-state index in [-0.39, 0.29) is 5.56 Å². The van der Waals surface area contributed by atoms with Gasteiger partial charge in [0.25, 0.3) is 5.56 Å². The molecule has 0 amide bonds. The van der Waals surface area contributed by atoms with Crippen LogP contribution in [0.4, 0.5) is 0 Å². The fraction of sp³-hybridized carbons (Fsp3) is 0.471. The summed E-state index contributed by atoms with van der Waals surface area (Å²) in [4.78, 5) is 12.6. The normalized spacial score (nSPS) is 11.1. The van der Waals surface area contributed by atoms with Gasteiger partial charge in [0.15, 0.2) is 0 Å². The monoisotopic (exact) mass is 257 g/mol. The molecule has 2 nitrogen and oxygen atoms in total. The molecule has 0 saturated carbocycles. The van der Waals surface area contributed by atoms with Gasteiger partial charge in [-0.15, -0.1) is 0 Å². The molecule has 0 unspecified atom stereocenters. The van der Waals surface area contributed by atoms with Crippen LogP contribution in [0.5, 0.6) is 0 Å². The SMILES string of the molecule is CCCCc1cc2ccccc2c(=O)n1CCCC. The van der Waals surface area contributed by atoms with Crippen molar-refractivity contribution in [2.75, 3.05) is 0 Å². The lowest BCUT2D eigenvalue weighted by Gasteiger charge is -2.14. The highest BCUT2D eigenvalue weighted by molar-refractivity contribution is 5.81. The van der Waals surface area contributed by atoms with Crippen molar-refractivity contribution in [1.82, 2.24) is 4.57 Å². The van der Waals surface area contributed by atoms with Crippen LogP contribution in [0.1, 0.15) is 45.2 Å². The summed E-state index contributed by atoms with van der Waals surface area (Å²) in [5.41, 5.74) is 1.37. The molecule has 0 N–H and O–H groups in total. The average molecular weight is 257 g/mol. The van der Waals surface area contributed by atoms with Gasteiger partial charge in [-0.05, 0) is 36.8 Å². The first kappa shape index (κ1) is 13.9. The van der Waals surface area contributed by atoms with Gasteiger partial charge in [-0.1, -0.05) is 44.9 Å². The summed E-state index contributed by atoms with van der Waals surface area (Å²) < 4.78 is 1.99. The number of aryl methyl sites for hydroxylation is 1. The first-order valence-electron chi connectivity index (χ1n) is 7.39.